The van der Waals surface area contributed by atoms with E-state index in [9.17, 15) is 5.11 Å². The van der Waals surface area contributed by atoms with Gasteiger partial charge in [0.05, 0.1) is 0 Å². The van der Waals surface area contributed by atoms with Crippen LogP contribution in [0.15, 0.2) is 0 Å². The van der Waals surface area contributed by atoms with Crippen molar-refractivity contribution in [1.29, 1.82) is 0 Å². The third-order valence-corrected chi connectivity index (χ3v) is 6.47. The number of rotatable bonds is 9. The van der Waals surface area contributed by atoms with Gasteiger partial charge in [0.15, 0.2) is 0 Å². The van der Waals surface area contributed by atoms with E-state index in [1.165, 1.54) is 43.0 Å². The molecule has 2 unspecified atom stereocenters. The summed E-state index contributed by atoms with van der Waals surface area (Å²) in [5.41, 5.74) is 0. The lowest BCUT2D eigenvalue weighted by molar-refractivity contribution is 0.274. The molecule has 0 aromatic heterocycles. The van der Waals surface area contributed by atoms with Gasteiger partial charge in [-0.05, 0) is 17.3 Å². The van der Waals surface area contributed by atoms with Gasteiger partial charge >= 0.3 is 0 Å². The molecule has 0 aromatic carbocycles. The number of aliphatic hydroxyl groups is 1. The van der Waals surface area contributed by atoms with Crippen molar-refractivity contribution in [2.45, 2.75) is 53.0 Å². The van der Waals surface area contributed by atoms with E-state index in [1.54, 1.807) is 0 Å². The van der Waals surface area contributed by atoms with Crippen LogP contribution in [-0.2, 0) is 0 Å². The highest BCUT2D eigenvalue weighted by atomic mass is 127. The summed E-state index contributed by atoms with van der Waals surface area (Å²) in [6.45, 7) is 0. The molecule has 0 amide bonds. The number of halogens is 3. The molecule has 0 aliphatic rings. The first-order valence-electron chi connectivity index (χ1n) is 5.20. The first kappa shape index (κ1) is 16.1. The minimum atomic E-state index is -0.174. The maximum atomic E-state index is 9.27. The molecule has 0 saturated carbocycles. The number of hydrogen-bond donors (Lipinski definition) is 1. The molecular weight excluding hydrogens is 517 g/mol. The quantitative estimate of drug-likeness (QED) is 0.258. The predicted molar refractivity (Wildman–Crippen MR) is 89.0 cm³/mol. The summed E-state index contributed by atoms with van der Waals surface area (Å²) < 4.78 is 1.56. The van der Waals surface area contributed by atoms with Crippen LogP contribution in [0.2, 0.25) is 0 Å². The lowest BCUT2D eigenvalue weighted by atomic mass is 10.1. The fourth-order valence-corrected chi connectivity index (χ4v) is 2.62. The van der Waals surface area contributed by atoms with Gasteiger partial charge in [-0.2, -0.15) is 0 Å². The van der Waals surface area contributed by atoms with Crippen molar-refractivity contribution in [3.05, 3.63) is 0 Å². The molecule has 0 rings (SSSR count). The summed E-state index contributed by atoms with van der Waals surface area (Å²) in [7, 11) is 0. The molecule has 0 radical (unpaired) electrons. The third kappa shape index (κ3) is 10.7. The lowest BCUT2D eigenvalue weighted by Crippen LogP contribution is -2.11. The largest absolute Gasteiger partial charge is 0.382 e. The normalized spacial score (nSPS) is 15.4. The Kier molecular flexibility index (Phi) is 13.4. The second-order valence-electron chi connectivity index (χ2n) is 3.49. The Bertz CT molecular complexity index is 120. The number of alkyl halides is 3. The SMILES string of the molecule is OC(I)C(I)CCCCCCCCI. The van der Waals surface area contributed by atoms with Crippen LogP contribution in [0, 0.1) is 0 Å². The van der Waals surface area contributed by atoms with Crippen LogP contribution >= 0.6 is 67.8 Å². The van der Waals surface area contributed by atoms with Gasteiger partial charge in [0.1, 0.15) is 4.11 Å². The van der Waals surface area contributed by atoms with Crippen molar-refractivity contribution in [2.75, 3.05) is 4.43 Å². The van der Waals surface area contributed by atoms with E-state index in [1.807, 2.05) is 0 Å². The van der Waals surface area contributed by atoms with Crippen LogP contribution in [-0.4, -0.2) is 17.6 Å². The van der Waals surface area contributed by atoms with Crippen molar-refractivity contribution >= 4 is 67.8 Å². The fourth-order valence-electron chi connectivity index (χ4n) is 1.28. The molecule has 2 atom stereocenters. The van der Waals surface area contributed by atoms with Gasteiger partial charge in [0.2, 0.25) is 0 Å². The van der Waals surface area contributed by atoms with Crippen molar-refractivity contribution in [2.24, 2.45) is 0 Å². The highest BCUT2D eigenvalue weighted by Gasteiger charge is 2.10. The van der Waals surface area contributed by atoms with Crippen LogP contribution in [0.5, 0.6) is 0 Å². The third-order valence-electron chi connectivity index (χ3n) is 2.16. The molecule has 1 nitrogen and oxygen atoms in total. The minimum Gasteiger partial charge on any atom is -0.382 e. The summed E-state index contributed by atoms with van der Waals surface area (Å²) in [5.74, 6) is 0. The summed E-state index contributed by atoms with van der Waals surface area (Å²) in [4.78, 5) is 0. The average Bonchev–Trinajstić information content (AvgIpc) is 2.16. The summed E-state index contributed by atoms with van der Waals surface area (Å²) in [5, 5.41) is 9.27. The molecule has 0 heterocycles. The Morgan fingerprint density at radius 1 is 0.857 bits per heavy atom. The lowest BCUT2D eigenvalue weighted by Gasteiger charge is -2.10. The van der Waals surface area contributed by atoms with E-state index in [0.717, 1.165) is 6.42 Å². The molecule has 0 saturated heterocycles. The second kappa shape index (κ2) is 11.6. The van der Waals surface area contributed by atoms with Gasteiger partial charge in [-0.3, -0.25) is 0 Å². The fraction of sp³-hybridized carbons (Fsp3) is 1.00. The van der Waals surface area contributed by atoms with E-state index in [4.69, 9.17) is 0 Å². The first-order valence-corrected chi connectivity index (χ1v) is 9.22. The van der Waals surface area contributed by atoms with Gasteiger partial charge in [-0.25, -0.2) is 0 Å². The maximum absolute atomic E-state index is 9.27. The van der Waals surface area contributed by atoms with E-state index < -0.39 is 0 Å². The predicted octanol–water partition coefficient (Wildman–Crippen LogP) is 4.71. The van der Waals surface area contributed by atoms with Crippen molar-refractivity contribution in [1.82, 2.24) is 0 Å². The van der Waals surface area contributed by atoms with E-state index in [0.29, 0.717) is 3.92 Å². The van der Waals surface area contributed by atoms with Crippen LogP contribution in [0.25, 0.3) is 0 Å². The molecule has 0 aliphatic carbocycles. The molecule has 14 heavy (non-hydrogen) atoms. The van der Waals surface area contributed by atoms with Gasteiger partial charge in [0, 0.05) is 3.92 Å². The van der Waals surface area contributed by atoms with Crippen LogP contribution in [0.3, 0.4) is 0 Å². The van der Waals surface area contributed by atoms with E-state index in [2.05, 4.69) is 67.8 Å². The van der Waals surface area contributed by atoms with Crippen molar-refractivity contribution < 1.29 is 5.11 Å². The van der Waals surface area contributed by atoms with Gasteiger partial charge in [0.25, 0.3) is 0 Å². The number of hydrogen-bond acceptors (Lipinski definition) is 1. The summed E-state index contributed by atoms with van der Waals surface area (Å²) in [6, 6.07) is 0. The van der Waals surface area contributed by atoms with Crippen LogP contribution < -0.4 is 0 Å². The maximum Gasteiger partial charge on any atom is 0.117 e. The smallest absolute Gasteiger partial charge is 0.117 e. The Balaban J connectivity index is 3.06. The second-order valence-corrected chi connectivity index (χ2v) is 7.44. The Morgan fingerprint density at radius 2 is 1.36 bits per heavy atom. The Morgan fingerprint density at radius 3 is 1.86 bits per heavy atom. The highest BCUT2D eigenvalue weighted by molar-refractivity contribution is 14.1. The van der Waals surface area contributed by atoms with Crippen LogP contribution in [0.1, 0.15) is 44.9 Å². The molecule has 4 heteroatoms. The average molecular weight is 536 g/mol. The zero-order valence-corrected chi connectivity index (χ0v) is 14.9. The van der Waals surface area contributed by atoms with Crippen molar-refractivity contribution in [3.63, 3.8) is 0 Å². The molecule has 0 spiro atoms. The first-order chi connectivity index (χ1) is 6.68. The van der Waals surface area contributed by atoms with Gasteiger partial charge in [-0.1, -0.05) is 99.9 Å². The molecule has 1 N–H and O–H groups in total. The zero-order chi connectivity index (χ0) is 10.8. The molecular formula is C10H19I3O. The van der Waals surface area contributed by atoms with E-state index in [-0.39, 0.29) is 4.11 Å². The number of unbranched alkanes of at least 4 members (excludes halogenated alkanes) is 5. The molecule has 0 aliphatic heterocycles. The van der Waals surface area contributed by atoms with E-state index >= 15 is 0 Å². The van der Waals surface area contributed by atoms with Crippen molar-refractivity contribution in [3.8, 4) is 0 Å². The molecule has 0 fully saturated rings. The Labute approximate surface area is 129 Å². The molecule has 0 bridgehead atoms. The van der Waals surface area contributed by atoms with Crippen LogP contribution in [0.4, 0.5) is 0 Å². The number of aliphatic hydroxyl groups excluding tert-OH is 1. The monoisotopic (exact) mass is 536 g/mol. The Hall–Kier alpha value is 2.15. The highest BCUT2D eigenvalue weighted by Crippen LogP contribution is 2.19. The molecule has 0 aromatic rings. The summed E-state index contributed by atoms with van der Waals surface area (Å²) >= 11 is 6.88. The standard InChI is InChI=1S/C10H19I3O/c11-8-6-4-2-1-3-5-7-9(12)10(13)14/h9-10,14H,1-8H2. The minimum absolute atomic E-state index is 0.174. The zero-order valence-electron chi connectivity index (χ0n) is 8.39. The topological polar surface area (TPSA) is 20.2 Å². The van der Waals surface area contributed by atoms with Gasteiger partial charge < -0.3 is 5.11 Å². The molecule has 86 valence electrons. The summed E-state index contributed by atoms with van der Waals surface area (Å²) in [6.07, 6.45) is 9.31. The van der Waals surface area contributed by atoms with Gasteiger partial charge in [-0.15, -0.1) is 0 Å².